The molecule has 5 nitrogen and oxygen atoms in total. The highest BCUT2D eigenvalue weighted by molar-refractivity contribution is 5.85. The van der Waals surface area contributed by atoms with Crippen LogP contribution in [0.1, 0.15) is 17.8 Å². The molecule has 2 fully saturated rings. The molecule has 1 unspecified atom stereocenters. The molecule has 2 saturated heterocycles. The Hall–Kier alpha value is -1.14. The summed E-state index contributed by atoms with van der Waals surface area (Å²) in [6, 6.07) is 6.97. The third kappa shape index (κ3) is 3.38. The molecule has 126 valence electrons. The molecule has 6 heteroatoms. The average molecular weight is 336 g/mol. The van der Waals surface area contributed by atoms with Crippen molar-refractivity contribution >= 4 is 18.1 Å². The summed E-state index contributed by atoms with van der Waals surface area (Å²) >= 11 is 0. The summed E-state index contributed by atoms with van der Waals surface area (Å²) in [7, 11) is 0. The minimum absolute atomic E-state index is 0. The molecule has 0 amide bonds. The smallest absolute Gasteiger partial charge is 0.137 e. The summed E-state index contributed by atoms with van der Waals surface area (Å²) in [6.45, 7) is 10.2. The molecule has 4 heterocycles. The number of hydrogen-bond acceptors (Lipinski definition) is 4. The zero-order chi connectivity index (χ0) is 14.9. The maximum atomic E-state index is 4.68. The van der Waals surface area contributed by atoms with E-state index >= 15 is 0 Å². The molecule has 0 aromatic carbocycles. The van der Waals surface area contributed by atoms with Gasteiger partial charge in [0.05, 0.1) is 11.4 Å². The number of hydrogen-bond donors (Lipinski definition) is 1. The van der Waals surface area contributed by atoms with E-state index in [2.05, 4.69) is 55.8 Å². The minimum Gasteiger partial charge on any atom is -0.314 e. The van der Waals surface area contributed by atoms with E-state index in [9.17, 15) is 0 Å². The van der Waals surface area contributed by atoms with Gasteiger partial charge in [0.15, 0.2) is 0 Å². The zero-order valence-corrected chi connectivity index (χ0v) is 14.6. The van der Waals surface area contributed by atoms with Crippen LogP contribution in [0.4, 0.5) is 0 Å². The van der Waals surface area contributed by atoms with Crippen LogP contribution in [0.3, 0.4) is 0 Å². The van der Waals surface area contributed by atoms with Gasteiger partial charge in [-0.15, -0.1) is 12.4 Å². The molecule has 4 rings (SSSR count). The molecular formula is C17H26ClN5. The van der Waals surface area contributed by atoms with Gasteiger partial charge < -0.3 is 9.72 Å². The Morgan fingerprint density at radius 3 is 2.87 bits per heavy atom. The number of rotatable bonds is 3. The largest absolute Gasteiger partial charge is 0.314 e. The van der Waals surface area contributed by atoms with Gasteiger partial charge in [0.25, 0.3) is 0 Å². The summed E-state index contributed by atoms with van der Waals surface area (Å²) in [5.41, 5.74) is 3.57. The number of imidazole rings is 1. The number of nitrogens with one attached hydrogen (secondary N) is 1. The molecule has 2 aliphatic heterocycles. The summed E-state index contributed by atoms with van der Waals surface area (Å²) < 4.78 is 2.24. The zero-order valence-electron chi connectivity index (χ0n) is 13.7. The lowest BCUT2D eigenvalue weighted by atomic mass is 10.2. The average Bonchev–Trinajstić information content (AvgIpc) is 3.14. The van der Waals surface area contributed by atoms with E-state index in [1.165, 1.54) is 38.3 Å². The van der Waals surface area contributed by atoms with E-state index in [0.29, 0.717) is 0 Å². The summed E-state index contributed by atoms with van der Waals surface area (Å²) in [5, 5.41) is 3.45. The topological polar surface area (TPSA) is 35.8 Å². The summed E-state index contributed by atoms with van der Waals surface area (Å²) in [5.74, 6) is 0. The Morgan fingerprint density at radius 1 is 1.22 bits per heavy atom. The normalized spacial score (nSPS) is 23.3. The van der Waals surface area contributed by atoms with Gasteiger partial charge in [0.2, 0.25) is 0 Å². The van der Waals surface area contributed by atoms with Gasteiger partial charge >= 0.3 is 0 Å². The third-order valence-electron chi connectivity index (χ3n) is 5.12. The Balaban J connectivity index is 0.00000156. The van der Waals surface area contributed by atoms with Crippen LogP contribution in [-0.4, -0.2) is 64.5 Å². The second-order valence-corrected chi connectivity index (χ2v) is 6.54. The first-order valence-corrected chi connectivity index (χ1v) is 8.41. The first-order valence-electron chi connectivity index (χ1n) is 8.41. The van der Waals surface area contributed by atoms with Crippen molar-refractivity contribution in [1.29, 1.82) is 0 Å². The second-order valence-electron chi connectivity index (χ2n) is 6.54. The minimum atomic E-state index is 0. The highest BCUT2D eigenvalue weighted by atomic mass is 35.5. The lowest BCUT2D eigenvalue weighted by molar-refractivity contribution is 0.170. The van der Waals surface area contributed by atoms with E-state index in [4.69, 9.17) is 0 Å². The van der Waals surface area contributed by atoms with E-state index < -0.39 is 0 Å². The van der Waals surface area contributed by atoms with Crippen LogP contribution < -0.4 is 5.32 Å². The van der Waals surface area contributed by atoms with Crippen molar-refractivity contribution in [2.75, 3.05) is 39.3 Å². The van der Waals surface area contributed by atoms with Crippen LogP contribution in [0.25, 0.3) is 5.65 Å². The van der Waals surface area contributed by atoms with Gasteiger partial charge in [-0.1, -0.05) is 6.07 Å². The van der Waals surface area contributed by atoms with Crippen molar-refractivity contribution in [3.8, 4) is 0 Å². The number of aromatic nitrogens is 2. The Kier molecular flexibility index (Phi) is 5.21. The maximum absolute atomic E-state index is 4.68. The molecule has 1 atom stereocenters. The third-order valence-corrected chi connectivity index (χ3v) is 5.12. The van der Waals surface area contributed by atoms with Crippen molar-refractivity contribution in [2.24, 2.45) is 0 Å². The Labute approximate surface area is 144 Å². The molecule has 0 saturated carbocycles. The molecule has 2 aromatic heterocycles. The number of pyridine rings is 1. The van der Waals surface area contributed by atoms with E-state index in [0.717, 1.165) is 37.0 Å². The van der Waals surface area contributed by atoms with Crippen LogP contribution in [-0.2, 0) is 6.54 Å². The fraction of sp³-hybridized carbons (Fsp3) is 0.588. The van der Waals surface area contributed by atoms with Crippen LogP contribution in [0.15, 0.2) is 24.4 Å². The monoisotopic (exact) mass is 335 g/mol. The van der Waals surface area contributed by atoms with Gasteiger partial charge in [-0.3, -0.25) is 9.80 Å². The van der Waals surface area contributed by atoms with Crippen LogP contribution in [0, 0.1) is 6.92 Å². The highest BCUT2D eigenvalue weighted by Gasteiger charge is 2.29. The van der Waals surface area contributed by atoms with Gasteiger partial charge in [-0.05, 0) is 25.5 Å². The standard InChI is InChI=1S/C17H25N5.ClH/c1-14-16(22-8-3-2-4-17(22)19-14)13-20-9-5-15(12-20)21-10-6-18-7-11-21;/h2-4,8,15,18H,5-7,9-13H2,1H3;1H. The summed E-state index contributed by atoms with van der Waals surface area (Å²) in [6.07, 6.45) is 3.43. The molecule has 0 radical (unpaired) electrons. The molecule has 1 N–H and O–H groups in total. The SMILES string of the molecule is Cc1nc2ccccn2c1CN1CCC(N2CCNCC2)C1.Cl. The molecule has 0 bridgehead atoms. The van der Waals surface area contributed by atoms with Crippen molar-refractivity contribution in [2.45, 2.75) is 25.9 Å². The number of fused-ring (bicyclic) bond motifs is 1. The predicted molar refractivity (Wildman–Crippen MR) is 95.3 cm³/mol. The van der Waals surface area contributed by atoms with Crippen molar-refractivity contribution in [3.05, 3.63) is 35.8 Å². The quantitative estimate of drug-likeness (QED) is 0.923. The van der Waals surface area contributed by atoms with Gasteiger partial charge in [-0.25, -0.2) is 4.98 Å². The molecule has 2 aliphatic rings. The summed E-state index contributed by atoms with van der Waals surface area (Å²) in [4.78, 5) is 9.94. The van der Waals surface area contributed by atoms with E-state index in [1.807, 2.05) is 0 Å². The number of piperazine rings is 1. The number of nitrogens with zero attached hydrogens (tertiary/aromatic N) is 4. The van der Waals surface area contributed by atoms with Crippen molar-refractivity contribution in [3.63, 3.8) is 0 Å². The first kappa shape index (κ1) is 16.7. The fourth-order valence-electron chi connectivity index (χ4n) is 3.87. The Morgan fingerprint density at radius 2 is 2.04 bits per heavy atom. The van der Waals surface area contributed by atoms with Crippen molar-refractivity contribution < 1.29 is 0 Å². The number of aryl methyl sites for hydroxylation is 1. The maximum Gasteiger partial charge on any atom is 0.137 e. The van der Waals surface area contributed by atoms with E-state index in [1.54, 1.807) is 0 Å². The molecular weight excluding hydrogens is 310 g/mol. The van der Waals surface area contributed by atoms with E-state index in [-0.39, 0.29) is 12.4 Å². The fourth-order valence-corrected chi connectivity index (χ4v) is 3.87. The van der Waals surface area contributed by atoms with Crippen LogP contribution in [0.5, 0.6) is 0 Å². The van der Waals surface area contributed by atoms with Crippen molar-refractivity contribution in [1.82, 2.24) is 24.5 Å². The van der Waals surface area contributed by atoms with Gasteiger partial charge in [-0.2, -0.15) is 0 Å². The molecule has 2 aromatic rings. The van der Waals surface area contributed by atoms with Crippen LogP contribution in [0.2, 0.25) is 0 Å². The number of likely N-dealkylation sites (tertiary alicyclic amines) is 1. The number of halogens is 1. The second kappa shape index (κ2) is 7.18. The molecule has 0 aliphatic carbocycles. The first-order chi connectivity index (χ1) is 10.8. The lowest BCUT2D eigenvalue weighted by Crippen LogP contribution is -2.49. The lowest BCUT2D eigenvalue weighted by Gasteiger charge is -2.32. The predicted octanol–water partition coefficient (Wildman–Crippen LogP) is 1.54. The van der Waals surface area contributed by atoms with Gasteiger partial charge in [0, 0.05) is 58.1 Å². The molecule has 23 heavy (non-hydrogen) atoms. The Bertz CT molecular complexity index is 649. The highest BCUT2D eigenvalue weighted by Crippen LogP contribution is 2.20. The molecule has 0 spiro atoms. The van der Waals surface area contributed by atoms with Gasteiger partial charge in [0.1, 0.15) is 5.65 Å². The van der Waals surface area contributed by atoms with Crippen LogP contribution >= 0.6 is 12.4 Å².